The van der Waals surface area contributed by atoms with E-state index in [1.54, 1.807) is 43.3 Å². The number of aliphatic hydroxyl groups is 2. The van der Waals surface area contributed by atoms with Gasteiger partial charge in [0.1, 0.15) is 0 Å². The quantitative estimate of drug-likeness (QED) is 0.125. The topological polar surface area (TPSA) is 165 Å². The van der Waals surface area contributed by atoms with E-state index in [4.69, 9.17) is 0 Å². The molecule has 0 unspecified atom stereocenters. The van der Waals surface area contributed by atoms with E-state index in [9.17, 15) is 34.7 Å². The number of nitro groups is 1. The van der Waals surface area contributed by atoms with Crippen LogP contribution in [-0.4, -0.2) is 63.5 Å². The third-order valence-electron chi connectivity index (χ3n) is 8.72. The number of nitrogens with one attached hydrogen (secondary N) is 2. The highest BCUT2D eigenvalue weighted by Gasteiger charge is 2.53. The standard InChI is InChI=1S/C35H39N5O7/c1-24(7-5-11-32(42)38(19-20-41)22-25-8-3-2-4-9-25)35(45)29-21-28(40(46)47)16-17-31(29)39(34(35)44)23-26-12-14-27(15-13-26)37-33(43)30-10-6-18-36-30/h2-5,7-9,12-17,21,24,30,36,41,45H,6,10-11,18-20,22-23H2,1H3,(H,37,43)/b7-5+/t24-,30+,35+/m0/s1. The first-order valence-corrected chi connectivity index (χ1v) is 15.7. The molecule has 4 N–H and O–H groups in total. The summed E-state index contributed by atoms with van der Waals surface area (Å²) >= 11 is 0. The number of benzene rings is 3. The Morgan fingerprint density at radius 3 is 2.55 bits per heavy atom. The van der Waals surface area contributed by atoms with Crippen LogP contribution in [0, 0.1) is 16.0 Å². The zero-order valence-electron chi connectivity index (χ0n) is 26.2. The molecule has 0 aliphatic carbocycles. The highest BCUT2D eigenvalue weighted by atomic mass is 16.6. The fourth-order valence-electron chi connectivity index (χ4n) is 6.08. The summed E-state index contributed by atoms with van der Waals surface area (Å²) in [6.45, 7) is 2.78. The number of rotatable bonds is 13. The number of carbonyl (C=O) groups is 3. The average molecular weight is 642 g/mol. The molecule has 12 heteroatoms. The van der Waals surface area contributed by atoms with Crippen molar-refractivity contribution in [3.8, 4) is 0 Å². The number of anilines is 2. The Labute approximate surface area is 272 Å². The Bertz CT molecular complexity index is 1640. The van der Waals surface area contributed by atoms with E-state index in [2.05, 4.69) is 10.6 Å². The summed E-state index contributed by atoms with van der Waals surface area (Å²) < 4.78 is 0. The van der Waals surface area contributed by atoms with E-state index in [1.807, 2.05) is 30.3 Å². The number of nitrogens with zero attached hydrogens (tertiary/aromatic N) is 3. The van der Waals surface area contributed by atoms with E-state index in [1.165, 1.54) is 28.0 Å². The number of fused-ring (bicyclic) bond motifs is 1. The number of non-ortho nitro benzene ring substituents is 1. The Hall–Kier alpha value is -4.91. The first-order chi connectivity index (χ1) is 22.6. The van der Waals surface area contributed by atoms with Gasteiger partial charge in [-0.3, -0.25) is 24.5 Å². The Morgan fingerprint density at radius 1 is 1.15 bits per heavy atom. The maximum Gasteiger partial charge on any atom is 0.269 e. The van der Waals surface area contributed by atoms with Crippen molar-refractivity contribution in [3.63, 3.8) is 0 Å². The number of hydrogen-bond donors (Lipinski definition) is 4. The monoisotopic (exact) mass is 641 g/mol. The van der Waals surface area contributed by atoms with Gasteiger partial charge in [0.05, 0.1) is 29.8 Å². The van der Waals surface area contributed by atoms with Crippen molar-refractivity contribution in [2.24, 2.45) is 5.92 Å². The van der Waals surface area contributed by atoms with Crippen molar-refractivity contribution < 1.29 is 29.5 Å². The number of carbonyl (C=O) groups excluding carboxylic acids is 3. The lowest BCUT2D eigenvalue weighted by Crippen LogP contribution is -2.44. The van der Waals surface area contributed by atoms with Crippen molar-refractivity contribution >= 4 is 34.8 Å². The molecule has 3 amide bonds. The number of aliphatic hydroxyl groups excluding tert-OH is 1. The maximum absolute atomic E-state index is 14.0. The maximum atomic E-state index is 14.0. The Balaban J connectivity index is 1.32. The average Bonchev–Trinajstić information content (AvgIpc) is 3.69. The summed E-state index contributed by atoms with van der Waals surface area (Å²) in [5, 5.41) is 39.2. The SMILES string of the molecule is C[C@@H](/C=C/CC(=O)N(CCO)Cc1ccccc1)[C@]1(O)C(=O)N(Cc2ccc(NC(=O)[C@H]3CCCN3)cc2)c2ccc([N+](=O)[O-])cc21. The molecule has 2 aliphatic heterocycles. The zero-order valence-corrected chi connectivity index (χ0v) is 26.2. The lowest BCUT2D eigenvalue weighted by molar-refractivity contribution is -0.385. The first kappa shape index (κ1) is 33.5. The van der Waals surface area contributed by atoms with E-state index in [0.29, 0.717) is 17.9 Å². The fraction of sp³-hybridized carbons (Fsp3) is 0.343. The van der Waals surface area contributed by atoms with Crippen LogP contribution in [0.5, 0.6) is 0 Å². The minimum absolute atomic E-state index is 0.0351. The van der Waals surface area contributed by atoms with Gasteiger partial charge in [-0.15, -0.1) is 0 Å². The van der Waals surface area contributed by atoms with Crippen LogP contribution in [0.3, 0.4) is 0 Å². The highest BCUT2D eigenvalue weighted by molar-refractivity contribution is 6.07. The van der Waals surface area contributed by atoms with Crippen LogP contribution in [0.15, 0.2) is 84.9 Å². The molecule has 3 atom stereocenters. The van der Waals surface area contributed by atoms with Crippen molar-refractivity contribution in [3.05, 3.63) is 112 Å². The summed E-state index contributed by atoms with van der Waals surface area (Å²) in [6, 6.07) is 20.2. The van der Waals surface area contributed by atoms with Crippen molar-refractivity contribution in [2.75, 3.05) is 29.9 Å². The predicted molar refractivity (Wildman–Crippen MR) is 176 cm³/mol. The molecule has 12 nitrogen and oxygen atoms in total. The number of amides is 3. The lowest BCUT2D eigenvalue weighted by atomic mass is 9.82. The van der Waals surface area contributed by atoms with Crippen LogP contribution in [-0.2, 0) is 33.1 Å². The van der Waals surface area contributed by atoms with E-state index in [0.717, 1.165) is 30.5 Å². The van der Waals surface area contributed by atoms with Gasteiger partial charge in [-0.05, 0) is 48.7 Å². The van der Waals surface area contributed by atoms with Crippen LogP contribution in [0.25, 0.3) is 0 Å². The molecule has 3 aromatic carbocycles. The van der Waals surface area contributed by atoms with Crippen molar-refractivity contribution in [2.45, 2.75) is 50.9 Å². The van der Waals surface area contributed by atoms with Gasteiger partial charge in [0.2, 0.25) is 11.8 Å². The van der Waals surface area contributed by atoms with Gasteiger partial charge in [0.15, 0.2) is 5.60 Å². The molecule has 1 fully saturated rings. The van der Waals surface area contributed by atoms with Gasteiger partial charge in [0.25, 0.3) is 11.6 Å². The normalized spacial score (nSPS) is 19.5. The molecule has 0 bridgehead atoms. The predicted octanol–water partition coefficient (Wildman–Crippen LogP) is 3.62. The van der Waals surface area contributed by atoms with Gasteiger partial charge in [-0.2, -0.15) is 0 Å². The van der Waals surface area contributed by atoms with Crippen LogP contribution in [0.1, 0.15) is 42.9 Å². The molecule has 0 radical (unpaired) electrons. The summed E-state index contributed by atoms with van der Waals surface area (Å²) in [4.78, 5) is 53.5. The van der Waals surface area contributed by atoms with E-state index >= 15 is 0 Å². The second-order valence-corrected chi connectivity index (χ2v) is 11.9. The minimum atomic E-state index is -2.13. The second kappa shape index (κ2) is 14.7. The van der Waals surface area contributed by atoms with E-state index in [-0.39, 0.29) is 55.2 Å². The Kier molecular flexibility index (Phi) is 10.4. The molecule has 0 saturated carbocycles. The van der Waals surface area contributed by atoms with Gasteiger partial charge in [-0.1, -0.05) is 61.5 Å². The van der Waals surface area contributed by atoms with Gasteiger partial charge >= 0.3 is 0 Å². The number of hydrogen-bond acceptors (Lipinski definition) is 8. The van der Waals surface area contributed by atoms with Crippen LogP contribution < -0.4 is 15.5 Å². The molecule has 246 valence electrons. The van der Waals surface area contributed by atoms with Crippen LogP contribution in [0.2, 0.25) is 0 Å². The largest absolute Gasteiger partial charge is 0.395 e. The Morgan fingerprint density at radius 2 is 1.89 bits per heavy atom. The van der Waals surface area contributed by atoms with E-state index < -0.39 is 22.3 Å². The molecule has 2 aliphatic rings. The van der Waals surface area contributed by atoms with Gasteiger partial charge in [-0.25, -0.2) is 0 Å². The second-order valence-electron chi connectivity index (χ2n) is 11.9. The molecule has 0 spiro atoms. The van der Waals surface area contributed by atoms with Crippen LogP contribution >= 0.6 is 0 Å². The molecular formula is C35H39N5O7. The third kappa shape index (κ3) is 7.40. The minimum Gasteiger partial charge on any atom is -0.395 e. The molecular weight excluding hydrogens is 602 g/mol. The molecule has 0 aromatic heterocycles. The summed E-state index contributed by atoms with van der Waals surface area (Å²) in [7, 11) is 0. The third-order valence-corrected chi connectivity index (χ3v) is 8.72. The first-order valence-electron chi connectivity index (χ1n) is 15.7. The summed E-state index contributed by atoms with van der Waals surface area (Å²) in [5.74, 6) is -1.85. The number of nitro benzene ring substituents is 1. The van der Waals surface area contributed by atoms with Crippen molar-refractivity contribution in [1.29, 1.82) is 0 Å². The zero-order chi connectivity index (χ0) is 33.6. The highest BCUT2D eigenvalue weighted by Crippen LogP contribution is 2.47. The van der Waals surface area contributed by atoms with Gasteiger partial charge < -0.3 is 30.6 Å². The summed E-state index contributed by atoms with van der Waals surface area (Å²) in [6.07, 6.45) is 4.83. The molecule has 47 heavy (non-hydrogen) atoms. The molecule has 1 saturated heterocycles. The summed E-state index contributed by atoms with van der Waals surface area (Å²) in [5.41, 5.74) is 0.317. The fourth-order valence-corrected chi connectivity index (χ4v) is 6.08. The lowest BCUT2D eigenvalue weighted by Gasteiger charge is -2.28. The molecule has 5 rings (SSSR count). The molecule has 3 aromatic rings. The van der Waals surface area contributed by atoms with Crippen LogP contribution in [0.4, 0.5) is 17.1 Å². The van der Waals surface area contributed by atoms with Crippen molar-refractivity contribution in [1.82, 2.24) is 10.2 Å². The molecule has 2 heterocycles. The smallest absolute Gasteiger partial charge is 0.269 e. The van der Waals surface area contributed by atoms with Gasteiger partial charge in [0, 0.05) is 48.8 Å².